The Hall–Kier alpha value is -5.95. The Morgan fingerprint density at radius 3 is 1.32 bits per heavy atom. The van der Waals surface area contributed by atoms with Gasteiger partial charge in [0.05, 0.1) is 25.7 Å². The van der Waals surface area contributed by atoms with Crippen molar-refractivity contribution in [2.45, 2.75) is 122 Å². The molecular weight excluding hydrogens is 790 g/mol. The summed E-state index contributed by atoms with van der Waals surface area (Å²) in [6.45, 7) is 7.09. The second kappa shape index (κ2) is 25.4. The molecule has 15 N–H and O–H groups in total. The lowest BCUT2D eigenvalue weighted by molar-refractivity contribution is -0.143. The summed E-state index contributed by atoms with van der Waals surface area (Å²) in [7, 11) is 0. The molecule has 0 aromatic carbocycles. The van der Waals surface area contributed by atoms with Crippen LogP contribution in [0.4, 0.5) is 0 Å². The van der Waals surface area contributed by atoms with Gasteiger partial charge in [0.15, 0.2) is 0 Å². The number of primary amides is 1. The number of carbonyl (C=O) groups is 11. The fraction of sp³-hybridized carbons (Fsp3) is 0.676. The second-order valence-electron chi connectivity index (χ2n) is 14.2. The number of carboxylic acids is 2. The van der Waals surface area contributed by atoms with Crippen LogP contribution in [0.15, 0.2) is 0 Å². The molecule has 25 nitrogen and oxygen atoms in total. The van der Waals surface area contributed by atoms with E-state index in [-0.39, 0.29) is 0 Å². The molecular formula is C34H57N9O16. The quantitative estimate of drug-likeness (QED) is 0.0385. The van der Waals surface area contributed by atoms with Gasteiger partial charge in [-0.2, -0.15) is 0 Å². The third kappa shape index (κ3) is 18.9. The maximum Gasteiger partial charge on any atom is 0.326 e. The summed E-state index contributed by atoms with van der Waals surface area (Å²) in [6.07, 6.45) is -3.45. The van der Waals surface area contributed by atoms with Crippen molar-refractivity contribution in [1.82, 2.24) is 42.5 Å². The average molecular weight is 848 g/mol. The van der Waals surface area contributed by atoms with Crippen LogP contribution in [0, 0.1) is 11.8 Å². The van der Waals surface area contributed by atoms with Gasteiger partial charge in [-0.3, -0.25) is 47.9 Å². The Bertz CT molecular complexity index is 1540. The summed E-state index contributed by atoms with van der Waals surface area (Å²) in [6, 6.07) is -12.9. The molecule has 334 valence electrons. The first-order chi connectivity index (χ1) is 27.3. The van der Waals surface area contributed by atoms with Crippen LogP contribution >= 0.6 is 0 Å². The molecule has 0 aromatic rings. The molecule has 0 heterocycles. The van der Waals surface area contributed by atoms with Crippen LogP contribution < -0.4 is 48.3 Å². The molecule has 0 saturated carbocycles. The van der Waals surface area contributed by atoms with Crippen LogP contribution in [0.1, 0.15) is 67.7 Å². The van der Waals surface area contributed by atoms with E-state index in [1.165, 1.54) is 34.6 Å². The van der Waals surface area contributed by atoms with E-state index < -0.39 is 164 Å². The number of hydrogen-bond donors (Lipinski definition) is 14. The van der Waals surface area contributed by atoms with Gasteiger partial charge in [-0.05, 0) is 32.1 Å². The van der Waals surface area contributed by atoms with Crippen molar-refractivity contribution in [3.63, 3.8) is 0 Å². The Kier molecular flexibility index (Phi) is 22.9. The predicted molar refractivity (Wildman–Crippen MR) is 201 cm³/mol. The van der Waals surface area contributed by atoms with E-state index in [1.807, 2.05) is 0 Å². The maximum atomic E-state index is 13.2. The molecule has 0 aromatic heterocycles. The van der Waals surface area contributed by atoms with Gasteiger partial charge in [0, 0.05) is 13.3 Å². The minimum absolute atomic E-state index is 0.433. The minimum Gasteiger partial charge on any atom is -0.481 e. The topological polar surface area (TPSA) is 411 Å². The van der Waals surface area contributed by atoms with E-state index in [2.05, 4.69) is 42.5 Å². The van der Waals surface area contributed by atoms with Gasteiger partial charge in [-0.15, -0.1) is 0 Å². The Balaban J connectivity index is 5.96. The molecule has 0 rings (SSSR count). The lowest BCUT2D eigenvalue weighted by Gasteiger charge is -2.28. The number of aliphatic carboxylic acids is 2. The van der Waals surface area contributed by atoms with Crippen molar-refractivity contribution in [3.05, 3.63) is 0 Å². The van der Waals surface area contributed by atoms with Crippen molar-refractivity contribution >= 4 is 65.1 Å². The predicted octanol–water partition coefficient (Wildman–Crippen LogP) is -6.59. The summed E-state index contributed by atoms with van der Waals surface area (Å²) >= 11 is 0. The largest absolute Gasteiger partial charge is 0.481 e. The number of nitrogens with two attached hydrogens (primary N) is 1. The molecule has 0 saturated heterocycles. The lowest BCUT2D eigenvalue weighted by atomic mass is 10.0. The van der Waals surface area contributed by atoms with E-state index in [0.29, 0.717) is 0 Å². The van der Waals surface area contributed by atoms with Gasteiger partial charge >= 0.3 is 11.9 Å². The molecule has 0 bridgehead atoms. The highest BCUT2D eigenvalue weighted by Crippen LogP contribution is 2.07. The molecule has 9 amide bonds. The SMILES string of the molecule is CC(=O)N[C@@H](CC(=O)O)C(=O)N[C@H](C(=O)N[C@@H](CO)C(=O)N[C@H](C(=O)N[C@@H](CO)C(=O)N[C@@H](CCC(N)=O)C(=O)N[C@@H](C)C(=O)N[C@H](C(=O)O)C(C)C)[C@@H](C)O)C(C)C. The summed E-state index contributed by atoms with van der Waals surface area (Å²) in [5.74, 6) is -13.4. The molecule has 0 aliphatic carbocycles. The normalized spacial score (nSPS) is 15.6. The summed E-state index contributed by atoms with van der Waals surface area (Å²) in [5.41, 5.74) is 5.19. The van der Waals surface area contributed by atoms with Crippen molar-refractivity contribution in [3.8, 4) is 0 Å². The van der Waals surface area contributed by atoms with Gasteiger partial charge in [0.1, 0.15) is 48.3 Å². The van der Waals surface area contributed by atoms with Gasteiger partial charge in [0.25, 0.3) is 0 Å². The van der Waals surface area contributed by atoms with Crippen molar-refractivity contribution in [2.75, 3.05) is 13.2 Å². The number of carbonyl (C=O) groups excluding carboxylic acids is 9. The third-order valence-electron chi connectivity index (χ3n) is 8.31. The first-order valence-corrected chi connectivity index (χ1v) is 18.3. The highest BCUT2D eigenvalue weighted by Gasteiger charge is 2.36. The number of nitrogens with one attached hydrogen (secondary N) is 8. The van der Waals surface area contributed by atoms with Crippen molar-refractivity contribution in [2.24, 2.45) is 17.6 Å². The fourth-order valence-corrected chi connectivity index (χ4v) is 4.99. The molecule has 0 aliphatic heterocycles. The van der Waals surface area contributed by atoms with Crippen LogP contribution in [0.5, 0.6) is 0 Å². The summed E-state index contributed by atoms with van der Waals surface area (Å²) in [4.78, 5) is 137. The molecule has 0 aliphatic rings. The van der Waals surface area contributed by atoms with E-state index in [0.717, 1.165) is 13.8 Å². The summed E-state index contributed by atoms with van der Waals surface area (Å²) < 4.78 is 0. The third-order valence-corrected chi connectivity index (χ3v) is 8.31. The minimum atomic E-state index is -1.92. The number of hydrogen-bond acceptors (Lipinski definition) is 14. The van der Waals surface area contributed by atoms with Crippen LogP contribution in [-0.2, 0) is 52.7 Å². The first-order valence-electron chi connectivity index (χ1n) is 18.3. The summed E-state index contributed by atoms with van der Waals surface area (Å²) in [5, 5.41) is 66.1. The molecule has 9 atom stereocenters. The van der Waals surface area contributed by atoms with Gasteiger partial charge in [0.2, 0.25) is 53.2 Å². The van der Waals surface area contributed by atoms with E-state index >= 15 is 0 Å². The monoisotopic (exact) mass is 847 g/mol. The number of rotatable bonds is 26. The van der Waals surface area contributed by atoms with Gasteiger partial charge in [-0.1, -0.05) is 27.7 Å². The van der Waals surface area contributed by atoms with Gasteiger partial charge < -0.3 is 73.8 Å². The zero-order valence-electron chi connectivity index (χ0n) is 33.7. The van der Waals surface area contributed by atoms with Crippen LogP contribution in [0.2, 0.25) is 0 Å². The van der Waals surface area contributed by atoms with Crippen LogP contribution in [0.25, 0.3) is 0 Å². The Morgan fingerprint density at radius 2 is 0.915 bits per heavy atom. The highest BCUT2D eigenvalue weighted by molar-refractivity contribution is 5.98. The molecule has 0 unspecified atom stereocenters. The Morgan fingerprint density at radius 1 is 0.508 bits per heavy atom. The molecule has 0 fully saturated rings. The standard InChI is InChI=1S/C34H57N9O16/c1-13(2)24(41-29(53)19(10-23(49)50)37-17(7)47)32(56)39-21(12-45)31(55)43-26(16(6)46)33(57)40-20(11-44)30(54)38-18(8-9-22(35)48)28(52)36-15(5)27(51)42-25(14(3)4)34(58)59/h13-16,18-21,24-26,44-46H,8-12H2,1-7H3,(H2,35,48)(H,36,52)(H,37,47)(H,38,54)(H,39,56)(H,40,57)(H,41,53)(H,42,51)(H,43,55)(H,49,50)(H,58,59)/t15-,16+,18-,19-,20-,21-,24-,25-,26-/m0/s1. The van der Waals surface area contributed by atoms with Gasteiger partial charge in [-0.25, -0.2) is 4.79 Å². The van der Waals surface area contributed by atoms with Crippen LogP contribution in [-0.4, -0.2) is 158 Å². The average Bonchev–Trinajstić information content (AvgIpc) is 3.12. The molecule has 0 spiro atoms. The fourth-order valence-electron chi connectivity index (χ4n) is 4.99. The molecule has 0 radical (unpaired) electrons. The van der Waals surface area contributed by atoms with E-state index in [1.54, 1.807) is 0 Å². The highest BCUT2D eigenvalue weighted by atomic mass is 16.4. The number of aliphatic hydroxyl groups is 3. The molecule has 59 heavy (non-hydrogen) atoms. The number of aliphatic hydroxyl groups excluding tert-OH is 3. The van der Waals surface area contributed by atoms with E-state index in [9.17, 15) is 73.2 Å². The zero-order chi connectivity index (χ0) is 45.9. The first kappa shape index (κ1) is 53.0. The zero-order valence-corrected chi connectivity index (χ0v) is 33.7. The maximum absolute atomic E-state index is 13.2. The molecule has 25 heteroatoms. The van der Waals surface area contributed by atoms with Crippen molar-refractivity contribution in [1.29, 1.82) is 0 Å². The van der Waals surface area contributed by atoms with Crippen molar-refractivity contribution < 1.29 is 78.3 Å². The van der Waals surface area contributed by atoms with E-state index in [4.69, 9.17) is 10.8 Å². The van der Waals surface area contributed by atoms with Crippen LogP contribution in [0.3, 0.4) is 0 Å². The lowest BCUT2D eigenvalue weighted by Crippen LogP contribution is -2.63. The second-order valence-corrected chi connectivity index (χ2v) is 14.2. The number of carboxylic acid groups (broad SMARTS) is 2. The smallest absolute Gasteiger partial charge is 0.326 e. The number of amides is 9. The Labute approximate surface area is 338 Å².